The zero-order valence-corrected chi connectivity index (χ0v) is 38.1. The number of carbonyl (C=O) groups excluding carboxylic acids is 2. The summed E-state index contributed by atoms with van der Waals surface area (Å²) in [5, 5.41) is 8.99. The largest absolute Gasteiger partial charge is 0.399 e. The van der Waals surface area contributed by atoms with Crippen molar-refractivity contribution in [3.8, 4) is 6.07 Å². The highest BCUT2D eigenvalue weighted by Crippen LogP contribution is 2.22. The molecule has 0 spiro atoms. The number of hydrogen-bond donors (Lipinski definition) is 1. The highest BCUT2D eigenvalue weighted by molar-refractivity contribution is 7.98. The average Bonchev–Trinajstić information content (AvgIpc) is 3.22. The highest BCUT2D eigenvalue weighted by Gasteiger charge is 2.21. The molecule has 4 nitrogen and oxygen atoms in total. The third-order valence-corrected chi connectivity index (χ3v) is 9.88. The molecule has 0 radical (unpaired) electrons. The summed E-state index contributed by atoms with van der Waals surface area (Å²) in [6, 6.07) is 35.4. The number of ketones is 1. The van der Waals surface area contributed by atoms with Gasteiger partial charge < -0.3 is 4.43 Å². The van der Waals surface area contributed by atoms with Gasteiger partial charge in [0.05, 0.1) is 6.07 Å². The SMILES string of the molecule is CC.CC.CSc1ccc(C)cc1F.CSc1ccc(CC(=O)c2ccccc2)cc1F.C[Si](C)(C)OC(C#N)c1ccccc1.O=Cc1ccc(CS)c(F)c1. The Morgan fingerprint density at radius 1 is 0.772 bits per heavy atom. The number of rotatable bonds is 10. The van der Waals surface area contributed by atoms with Crippen molar-refractivity contribution >= 4 is 56.5 Å². The van der Waals surface area contributed by atoms with E-state index in [0.717, 1.165) is 11.1 Å². The summed E-state index contributed by atoms with van der Waals surface area (Å²) in [4.78, 5) is 23.4. The Kier molecular flexibility index (Phi) is 27.9. The van der Waals surface area contributed by atoms with Crippen molar-refractivity contribution in [1.82, 2.24) is 0 Å². The molecular weight excluding hydrogens is 796 g/mol. The fraction of sp³-hybridized carbons (Fsp3) is 0.283. The minimum atomic E-state index is -1.65. The van der Waals surface area contributed by atoms with Crippen LogP contribution in [0.25, 0.3) is 0 Å². The van der Waals surface area contributed by atoms with Crippen LogP contribution in [0, 0.1) is 35.7 Å². The van der Waals surface area contributed by atoms with Gasteiger partial charge in [-0.3, -0.25) is 9.59 Å². The first-order chi connectivity index (χ1) is 27.2. The second kappa shape index (κ2) is 30.1. The molecule has 5 rings (SSSR count). The Morgan fingerprint density at radius 2 is 1.30 bits per heavy atom. The van der Waals surface area contributed by atoms with Crippen molar-refractivity contribution in [2.75, 3.05) is 12.5 Å². The van der Waals surface area contributed by atoms with Gasteiger partial charge in [-0.15, -0.1) is 23.5 Å². The first-order valence-corrected chi connectivity index (χ1v) is 24.9. The van der Waals surface area contributed by atoms with Crippen LogP contribution < -0.4 is 0 Å². The maximum atomic E-state index is 13.6. The average molecular weight is 852 g/mol. The molecule has 0 N–H and O–H groups in total. The topological polar surface area (TPSA) is 67.2 Å². The molecule has 5 aromatic rings. The summed E-state index contributed by atoms with van der Waals surface area (Å²) in [6.45, 7) is 16.1. The van der Waals surface area contributed by atoms with Crippen molar-refractivity contribution < 1.29 is 27.2 Å². The molecule has 1 atom stereocenters. The zero-order valence-electron chi connectivity index (χ0n) is 34.6. The van der Waals surface area contributed by atoms with Crippen LogP contribution in [-0.2, 0) is 16.6 Å². The number of Topliss-reactive ketones (excluding diaryl/α,β-unsaturated/α-hetero) is 1. The molecule has 0 bridgehead atoms. The molecule has 0 heterocycles. The van der Waals surface area contributed by atoms with Crippen LogP contribution >= 0.6 is 36.2 Å². The zero-order chi connectivity index (χ0) is 43.4. The molecule has 11 heteroatoms. The van der Waals surface area contributed by atoms with Gasteiger partial charge in [-0.1, -0.05) is 113 Å². The van der Waals surface area contributed by atoms with E-state index in [0.29, 0.717) is 44.1 Å². The first kappa shape index (κ1) is 52.9. The molecule has 0 saturated heterocycles. The summed E-state index contributed by atoms with van der Waals surface area (Å²) >= 11 is 6.70. The quantitative estimate of drug-likeness (QED) is 0.0496. The van der Waals surface area contributed by atoms with E-state index in [4.69, 9.17) is 9.69 Å². The van der Waals surface area contributed by atoms with Crippen molar-refractivity contribution in [1.29, 1.82) is 5.26 Å². The summed E-state index contributed by atoms with van der Waals surface area (Å²) in [6.07, 6.45) is 4.13. The minimum absolute atomic E-state index is 0.00639. The molecule has 57 heavy (non-hydrogen) atoms. The normalized spacial score (nSPS) is 10.3. The Morgan fingerprint density at radius 3 is 1.74 bits per heavy atom. The lowest BCUT2D eigenvalue weighted by Crippen LogP contribution is -2.27. The smallest absolute Gasteiger partial charge is 0.186 e. The van der Waals surface area contributed by atoms with Gasteiger partial charge in [-0.25, -0.2) is 13.2 Å². The second-order valence-corrected chi connectivity index (χ2v) is 18.8. The Labute approximate surface area is 354 Å². The predicted molar refractivity (Wildman–Crippen MR) is 242 cm³/mol. The summed E-state index contributed by atoms with van der Waals surface area (Å²) < 4.78 is 45.0. The number of hydrogen-bond acceptors (Lipinski definition) is 7. The van der Waals surface area contributed by atoms with E-state index in [9.17, 15) is 22.8 Å². The number of halogens is 3. The number of thioether (sulfide) groups is 2. The standard InChI is InChI=1S/C15H13FOS.C11H15NOSi.C8H7FOS.C8H9FS.2C2H6/c1-18-15-8-7-11(9-13(15)16)10-14(17)12-5-3-2-4-6-12;1-14(2,3)13-11(9-12)10-7-5-4-6-8-10;9-8-3-6(4-10)1-2-7(8)5-11;1-6-3-4-8(10-2)7(9)5-6;2*1-2/h2-9H,10H2,1H3;4-8,11H,1-3H3;1-4,11H,5H2;3-5H,1-2H3;2*1-2H3. The van der Waals surface area contributed by atoms with E-state index in [1.54, 1.807) is 48.5 Å². The number of benzene rings is 5. The minimum Gasteiger partial charge on any atom is -0.399 e. The molecule has 0 aliphatic carbocycles. The van der Waals surface area contributed by atoms with Crippen LogP contribution in [-0.4, -0.2) is 32.9 Å². The Hall–Kier alpha value is -4.05. The van der Waals surface area contributed by atoms with Crippen molar-refractivity contribution in [3.05, 3.63) is 166 Å². The van der Waals surface area contributed by atoms with Crippen LogP contribution in [0.2, 0.25) is 19.6 Å². The monoisotopic (exact) mass is 851 g/mol. The van der Waals surface area contributed by atoms with Crippen LogP contribution in [0.4, 0.5) is 13.2 Å². The Balaban J connectivity index is 0.000000729. The lowest BCUT2D eigenvalue weighted by atomic mass is 10.0. The number of thiol groups is 1. The van der Waals surface area contributed by atoms with E-state index in [-0.39, 0.29) is 29.7 Å². The molecule has 306 valence electrons. The van der Waals surface area contributed by atoms with E-state index in [1.165, 1.54) is 35.7 Å². The van der Waals surface area contributed by atoms with Gasteiger partial charge in [0, 0.05) is 33.1 Å². The molecule has 0 fully saturated rings. The number of nitrogens with zero attached hydrogens (tertiary/aromatic N) is 1. The van der Waals surface area contributed by atoms with Gasteiger partial charge in [-0.05, 0) is 91.7 Å². The van der Waals surface area contributed by atoms with Gasteiger partial charge in [-0.2, -0.15) is 17.9 Å². The van der Waals surface area contributed by atoms with Gasteiger partial charge in [0.15, 0.2) is 20.2 Å². The summed E-state index contributed by atoms with van der Waals surface area (Å²) in [7, 11) is -1.65. The number of nitriles is 1. The third kappa shape index (κ3) is 21.3. The maximum absolute atomic E-state index is 13.6. The van der Waals surface area contributed by atoms with Crippen molar-refractivity contribution in [2.24, 2.45) is 0 Å². The predicted octanol–water partition coefficient (Wildman–Crippen LogP) is 14.1. The van der Waals surface area contributed by atoms with E-state index in [1.807, 2.05) is 102 Å². The number of carbonyl (C=O) groups is 2. The van der Waals surface area contributed by atoms with Crippen LogP contribution in [0.3, 0.4) is 0 Å². The number of aryl methyl sites for hydroxylation is 1. The number of aldehydes is 1. The summed E-state index contributed by atoms with van der Waals surface area (Å²) in [5.74, 6) is -0.393. The molecule has 5 aromatic carbocycles. The van der Waals surface area contributed by atoms with Gasteiger partial charge in [0.2, 0.25) is 0 Å². The van der Waals surface area contributed by atoms with Gasteiger partial charge in [0.1, 0.15) is 23.7 Å². The lowest BCUT2D eigenvalue weighted by molar-refractivity contribution is 0.0992. The summed E-state index contributed by atoms with van der Waals surface area (Å²) in [5.41, 5.74) is 4.14. The lowest BCUT2D eigenvalue weighted by Gasteiger charge is -2.21. The van der Waals surface area contributed by atoms with Crippen molar-refractivity contribution in [3.63, 3.8) is 0 Å². The third-order valence-electron chi connectivity index (χ3n) is 7.06. The molecule has 0 saturated carbocycles. The molecule has 1 unspecified atom stereocenters. The van der Waals surface area contributed by atoms with E-state index < -0.39 is 14.4 Å². The highest BCUT2D eigenvalue weighted by atomic mass is 32.2. The van der Waals surface area contributed by atoms with Crippen LogP contribution in [0.15, 0.2) is 125 Å². The maximum Gasteiger partial charge on any atom is 0.186 e. The molecule has 0 aliphatic heterocycles. The second-order valence-electron chi connectivity index (χ2n) is 12.3. The fourth-order valence-electron chi connectivity index (χ4n) is 4.42. The molecule has 0 aliphatic rings. The van der Waals surface area contributed by atoms with Crippen LogP contribution in [0.5, 0.6) is 0 Å². The van der Waals surface area contributed by atoms with Crippen molar-refractivity contribution in [2.45, 2.75) is 82.3 Å². The van der Waals surface area contributed by atoms with E-state index in [2.05, 4.69) is 38.3 Å². The van der Waals surface area contributed by atoms with Gasteiger partial charge in [0.25, 0.3) is 0 Å². The Bertz CT molecular complexity index is 1940. The molecule has 0 amide bonds. The van der Waals surface area contributed by atoms with Gasteiger partial charge >= 0.3 is 0 Å². The fourth-order valence-corrected chi connectivity index (χ4v) is 6.49. The molecule has 0 aromatic heterocycles. The molecular formula is C46H56F3NO3S3Si. The first-order valence-electron chi connectivity index (χ1n) is 18.4. The van der Waals surface area contributed by atoms with E-state index >= 15 is 0 Å². The van der Waals surface area contributed by atoms with Crippen LogP contribution in [0.1, 0.15) is 76.8 Å².